The van der Waals surface area contributed by atoms with Gasteiger partial charge in [0, 0.05) is 13.0 Å². The number of aryl methyl sites for hydroxylation is 1. The van der Waals surface area contributed by atoms with Crippen LogP contribution < -0.4 is 0 Å². The van der Waals surface area contributed by atoms with Crippen molar-refractivity contribution < 1.29 is 0 Å². The summed E-state index contributed by atoms with van der Waals surface area (Å²) in [6, 6.07) is 0. The molecule has 1 aromatic heterocycles. The van der Waals surface area contributed by atoms with Gasteiger partial charge in [0.15, 0.2) is 4.77 Å². The van der Waals surface area contributed by atoms with Gasteiger partial charge in [-0.1, -0.05) is 34.6 Å². The molecule has 0 radical (unpaired) electrons. The Bertz CT molecular complexity index is 370. The first-order valence-electron chi connectivity index (χ1n) is 5.50. The van der Waals surface area contributed by atoms with Crippen molar-refractivity contribution in [3.05, 3.63) is 10.6 Å². The van der Waals surface area contributed by atoms with Crippen LogP contribution in [-0.2, 0) is 13.0 Å². The molecule has 0 saturated carbocycles. The summed E-state index contributed by atoms with van der Waals surface area (Å²) in [5.41, 5.74) is 0.303. The summed E-state index contributed by atoms with van der Waals surface area (Å²) in [6.45, 7) is 12.1. The maximum Gasteiger partial charge on any atom is 0.195 e. The Morgan fingerprint density at radius 1 is 1.47 bits per heavy atom. The first-order valence-corrected chi connectivity index (χ1v) is 5.91. The van der Waals surface area contributed by atoms with Crippen molar-refractivity contribution in [1.82, 2.24) is 14.8 Å². The molecule has 0 aliphatic rings. The number of nitrogens with one attached hydrogen (secondary N) is 1. The summed E-state index contributed by atoms with van der Waals surface area (Å²) in [5.74, 6) is 1.63. The highest BCUT2D eigenvalue weighted by molar-refractivity contribution is 7.71. The lowest BCUT2D eigenvalue weighted by atomic mass is 9.82. The van der Waals surface area contributed by atoms with E-state index in [0.717, 1.165) is 23.6 Å². The third-order valence-electron chi connectivity index (χ3n) is 3.09. The fourth-order valence-corrected chi connectivity index (χ4v) is 1.58. The van der Waals surface area contributed by atoms with E-state index in [4.69, 9.17) is 12.2 Å². The van der Waals surface area contributed by atoms with Gasteiger partial charge in [-0.3, -0.25) is 5.10 Å². The zero-order valence-electron chi connectivity index (χ0n) is 10.3. The van der Waals surface area contributed by atoms with E-state index < -0.39 is 0 Å². The number of aromatic amines is 1. The third kappa shape index (κ3) is 2.91. The molecule has 0 fully saturated rings. The van der Waals surface area contributed by atoms with E-state index in [1.54, 1.807) is 0 Å². The molecular weight excluding hydrogens is 206 g/mol. The molecule has 0 spiro atoms. The SMILES string of the molecule is CCc1n[nH]c(=S)n1CC(C)C(C)(C)C. The van der Waals surface area contributed by atoms with Gasteiger partial charge in [-0.15, -0.1) is 0 Å². The molecule has 0 aliphatic carbocycles. The van der Waals surface area contributed by atoms with E-state index in [0.29, 0.717) is 11.3 Å². The zero-order chi connectivity index (χ0) is 11.6. The molecule has 1 N–H and O–H groups in total. The van der Waals surface area contributed by atoms with Crippen molar-refractivity contribution in [2.45, 2.75) is 47.6 Å². The van der Waals surface area contributed by atoms with E-state index in [1.165, 1.54) is 0 Å². The molecular formula is C11H21N3S. The van der Waals surface area contributed by atoms with Crippen LogP contribution in [-0.4, -0.2) is 14.8 Å². The van der Waals surface area contributed by atoms with Gasteiger partial charge < -0.3 is 4.57 Å². The van der Waals surface area contributed by atoms with Crippen molar-refractivity contribution in [2.24, 2.45) is 11.3 Å². The molecule has 0 aliphatic heterocycles. The molecule has 0 saturated heterocycles. The minimum Gasteiger partial charge on any atom is -0.304 e. The molecule has 86 valence electrons. The Morgan fingerprint density at radius 2 is 2.07 bits per heavy atom. The predicted molar refractivity (Wildman–Crippen MR) is 65.4 cm³/mol. The van der Waals surface area contributed by atoms with Crippen LogP contribution in [0.4, 0.5) is 0 Å². The molecule has 1 atom stereocenters. The van der Waals surface area contributed by atoms with Crippen LogP contribution in [0.2, 0.25) is 0 Å². The summed E-state index contributed by atoms with van der Waals surface area (Å²) >= 11 is 5.23. The Kier molecular flexibility index (Phi) is 3.71. The fraction of sp³-hybridized carbons (Fsp3) is 0.818. The van der Waals surface area contributed by atoms with Crippen LogP contribution in [0.3, 0.4) is 0 Å². The monoisotopic (exact) mass is 227 g/mol. The Labute approximate surface area is 96.9 Å². The van der Waals surface area contributed by atoms with Gasteiger partial charge in [0.2, 0.25) is 0 Å². The van der Waals surface area contributed by atoms with Crippen molar-refractivity contribution >= 4 is 12.2 Å². The molecule has 1 rings (SSSR count). The second-order valence-electron chi connectivity index (χ2n) is 5.18. The lowest BCUT2D eigenvalue weighted by molar-refractivity contribution is 0.230. The number of hydrogen-bond donors (Lipinski definition) is 1. The maximum atomic E-state index is 5.23. The van der Waals surface area contributed by atoms with E-state index >= 15 is 0 Å². The van der Waals surface area contributed by atoms with Gasteiger partial charge >= 0.3 is 0 Å². The fourth-order valence-electron chi connectivity index (χ4n) is 1.36. The Balaban J connectivity index is 2.89. The number of hydrogen-bond acceptors (Lipinski definition) is 2. The highest BCUT2D eigenvalue weighted by Crippen LogP contribution is 2.27. The molecule has 1 unspecified atom stereocenters. The molecule has 1 heterocycles. The number of H-pyrrole nitrogens is 1. The highest BCUT2D eigenvalue weighted by Gasteiger charge is 2.21. The van der Waals surface area contributed by atoms with Gasteiger partial charge in [-0.25, -0.2) is 0 Å². The summed E-state index contributed by atoms with van der Waals surface area (Å²) in [4.78, 5) is 0. The van der Waals surface area contributed by atoms with Gasteiger partial charge in [-0.2, -0.15) is 5.10 Å². The molecule has 1 aromatic rings. The van der Waals surface area contributed by atoms with Gasteiger partial charge in [-0.05, 0) is 23.6 Å². The normalized spacial score (nSPS) is 14.2. The minimum absolute atomic E-state index is 0.303. The third-order valence-corrected chi connectivity index (χ3v) is 3.40. The van der Waals surface area contributed by atoms with Gasteiger partial charge in [0.1, 0.15) is 5.82 Å². The first-order chi connectivity index (χ1) is 6.86. The van der Waals surface area contributed by atoms with Crippen LogP contribution in [0.5, 0.6) is 0 Å². The average Bonchev–Trinajstić information content (AvgIpc) is 2.46. The van der Waals surface area contributed by atoms with Gasteiger partial charge in [0.25, 0.3) is 0 Å². The van der Waals surface area contributed by atoms with E-state index in [9.17, 15) is 0 Å². The standard InChI is InChI=1S/C11H21N3S/c1-6-9-12-13-10(15)14(9)7-8(2)11(3,4)5/h8H,6-7H2,1-5H3,(H,13,15). The second kappa shape index (κ2) is 4.47. The Hall–Kier alpha value is -0.640. The quantitative estimate of drug-likeness (QED) is 0.805. The molecule has 0 bridgehead atoms. The van der Waals surface area contributed by atoms with E-state index in [2.05, 4.69) is 49.4 Å². The van der Waals surface area contributed by atoms with E-state index in [1.807, 2.05) is 0 Å². The molecule has 3 nitrogen and oxygen atoms in total. The predicted octanol–water partition coefficient (Wildman–Crippen LogP) is 3.19. The van der Waals surface area contributed by atoms with Gasteiger partial charge in [0.05, 0.1) is 0 Å². The second-order valence-corrected chi connectivity index (χ2v) is 5.56. The van der Waals surface area contributed by atoms with Crippen molar-refractivity contribution in [3.63, 3.8) is 0 Å². The highest BCUT2D eigenvalue weighted by atomic mass is 32.1. The largest absolute Gasteiger partial charge is 0.304 e. The van der Waals surface area contributed by atoms with Crippen LogP contribution in [0, 0.1) is 16.1 Å². The van der Waals surface area contributed by atoms with Crippen molar-refractivity contribution in [3.8, 4) is 0 Å². The Morgan fingerprint density at radius 3 is 2.53 bits per heavy atom. The van der Waals surface area contributed by atoms with Crippen molar-refractivity contribution in [1.29, 1.82) is 0 Å². The van der Waals surface area contributed by atoms with E-state index in [-0.39, 0.29) is 0 Å². The lowest BCUT2D eigenvalue weighted by Gasteiger charge is -2.27. The molecule has 0 aromatic carbocycles. The first kappa shape index (κ1) is 12.4. The van der Waals surface area contributed by atoms with Crippen LogP contribution in [0.15, 0.2) is 0 Å². The summed E-state index contributed by atoms with van der Waals surface area (Å²) in [7, 11) is 0. The zero-order valence-corrected chi connectivity index (χ0v) is 11.1. The smallest absolute Gasteiger partial charge is 0.195 e. The van der Waals surface area contributed by atoms with Crippen LogP contribution in [0.1, 0.15) is 40.4 Å². The number of nitrogens with zero attached hydrogens (tertiary/aromatic N) is 2. The summed E-state index contributed by atoms with van der Waals surface area (Å²) < 4.78 is 2.86. The summed E-state index contributed by atoms with van der Waals surface area (Å²) in [6.07, 6.45) is 0.921. The number of rotatable bonds is 3. The average molecular weight is 227 g/mol. The molecule has 4 heteroatoms. The van der Waals surface area contributed by atoms with Crippen molar-refractivity contribution in [2.75, 3.05) is 0 Å². The van der Waals surface area contributed by atoms with Crippen LogP contribution >= 0.6 is 12.2 Å². The lowest BCUT2D eigenvalue weighted by Crippen LogP contribution is -2.23. The number of aromatic nitrogens is 3. The van der Waals surface area contributed by atoms with Crippen LogP contribution in [0.25, 0.3) is 0 Å². The minimum atomic E-state index is 0.303. The molecule has 15 heavy (non-hydrogen) atoms. The maximum absolute atomic E-state index is 5.23. The molecule has 0 amide bonds. The summed E-state index contributed by atoms with van der Waals surface area (Å²) in [5, 5.41) is 7.08. The topological polar surface area (TPSA) is 33.6 Å².